The minimum Gasteiger partial charge on any atom is -0.384 e. The molecule has 0 bridgehead atoms. The quantitative estimate of drug-likeness (QED) is 0.619. The van der Waals surface area contributed by atoms with Crippen LogP contribution in [0.4, 0.5) is 0 Å². The summed E-state index contributed by atoms with van der Waals surface area (Å²) in [6, 6.07) is 0. The molecule has 4 heteroatoms. The van der Waals surface area contributed by atoms with Gasteiger partial charge in [0.15, 0.2) is 0 Å². The van der Waals surface area contributed by atoms with Gasteiger partial charge in [-0.1, -0.05) is 0 Å². The van der Waals surface area contributed by atoms with Crippen LogP contribution in [0.2, 0.25) is 0 Å². The predicted octanol–water partition coefficient (Wildman–Crippen LogP) is -0.385. The van der Waals surface area contributed by atoms with Crippen LogP contribution in [-0.2, 0) is 9.53 Å². The zero-order valence-electron chi connectivity index (χ0n) is 7.49. The number of hydrogen-bond acceptors (Lipinski definition) is 3. The van der Waals surface area contributed by atoms with Gasteiger partial charge in [-0.15, -0.1) is 0 Å². The molecule has 70 valence electrons. The van der Waals surface area contributed by atoms with Crippen LogP contribution in [0.3, 0.4) is 0 Å². The van der Waals surface area contributed by atoms with Crippen molar-refractivity contribution in [1.29, 1.82) is 0 Å². The summed E-state index contributed by atoms with van der Waals surface area (Å²) in [4.78, 5) is 12.9. The summed E-state index contributed by atoms with van der Waals surface area (Å²) < 4.78 is 5.10. The zero-order chi connectivity index (χ0) is 9.14. The zero-order valence-corrected chi connectivity index (χ0v) is 7.49. The van der Waals surface area contributed by atoms with Crippen molar-refractivity contribution in [3.63, 3.8) is 0 Å². The molecule has 1 rings (SSSR count). The van der Waals surface area contributed by atoms with Gasteiger partial charge in [0, 0.05) is 20.2 Å². The van der Waals surface area contributed by atoms with Crippen LogP contribution in [0.25, 0.3) is 0 Å². The molecule has 1 aliphatic rings. The fourth-order valence-corrected chi connectivity index (χ4v) is 1.38. The van der Waals surface area contributed by atoms with Gasteiger partial charge in [-0.25, -0.2) is 0 Å². The van der Waals surface area contributed by atoms with Gasteiger partial charge in [-0.3, -0.25) is 4.79 Å². The lowest BCUT2D eigenvalue weighted by atomic mass is 10.3. The molecule has 1 saturated heterocycles. The van der Waals surface area contributed by atoms with E-state index in [1.165, 1.54) is 6.92 Å². The molecular weight excluding hydrogens is 158 g/mol. The summed E-state index contributed by atoms with van der Waals surface area (Å²) in [6.45, 7) is 2.80. The van der Waals surface area contributed by atoms with E-state index in [-0.39, 0.29) is 12.0 Å². The molecule has 12 heavy (non-hydrogen) atoms. The lowest BCUT2D eigenvalue weighted by Gasteiger charge is -2.17. The molecule has 0 aliphatic carbocycles. The molecule has 1 amide bonds. The largest absolute Gasteiger partial charge is 0.384 e. The second-order valence-electron chi connectivity index (χ2n) is 3.11. The number of aliphatic hydroxyl groups excluding tert-OH is 1. The number of ether oxygens (including phenoxy) is 1. The van der Waals surface area contributed by atoms with E-state index in [2.05, 4.69) is 0 Å². The lowest BCUT2D eigenvalue weighted by Crippen LogP contribution is -2.36. The SMILES string of the molecule is COC1CCN(C(=O)[C@@H](C)O)C1. The number of amides is 1. The Balaban J connectivity index is 2.41. The molecule has 1 unspecified atom stereocenters. The smallest absolute Gasteiger partial charge is 0.251 e. The minimum atomic E-state index is -0.888. The number of likely N-dealkylation sites (tertiary alicyclic amines) is 1. The highest BCUT2D eigenvalue weighted by Gasteiger charge is 2.27. The third-order valence-electron chi connectivity index (χ3n) is 2.15. The minimum absolute atomic E-state index is 0.146. The lowest BCUT2D eigenvalue weighted by molar-refractivity contribution is -0.138. The van der Waals surface area contributed by atoms with Crippen molar-refractivity contribution < 1.29 is 14.6 Å². The van der Waals surface area contributed by atoms with Crippen molar-refractivity contribution in [2.75, 3.05) is 20.2 Å². The summed E-state index contributed by atoms with van der Waals surface area (Å²) in [5.41, 5.74) is 0. The van der Waals surface area contributed by atoms with Crippen molar-refractivity contribution in [3.8, 4) is 0 Å². The molecule has 1 fully saturated rings. The average molecular weight is 173 g/mol. The number of methoxy groups -OCH3 is 1. The van der Waals surface area contributed by atoms with Gasteiger partial charge in [0.1, 0.15) is 6.10 Å². The van der Waals surface area contributed by atoms with Crippen LogP contribution in [0.1, 0.15) is 13.3 Å². The molecule has 1 aliphatic heterocycles. The Morgan fingerprint density at radius 2 is 2.42 bits per heavy atom. The van der Waals surface area contributed by atoms with Crippen molar-refractivity contribution in [2.45, 2.75) is 25.6 Å². The number of nitrogens with zero attached hydrogens (tertiary/aromatic N) is 1. The Labute approximate surface area is 72.1 Å². The number of carbonyl (C=O) groups excluding carboxylic acids is 1. The fraction of sp³-hybridized carbons (Fsp3) is 0.875. The molecule has 0 spiro atoms. The second-order valence-corrected chi connectivity index (χ2v) is 3.11. The van der Waals surface area contributed by atoms with Gasteiger partial charge in [0.05, 0.1) is 6.10 Å². The summed E-state index contributed by atoms with van der Waals surface area (Å²) in [5.74, 6) is -0.199. The molecule has 0 aromatic heterocycles. The first-order valence-electron chi connectivity index (χ1n) is 4.14. The number of carbonyl (C=O) groups is 1. The summed E-state index contributed by atoms with van der Waals surface area (Å²) in [7, 11) is 1.64. The van der Waals surface area contributed by atoms with E-state index < -0.39 is 6.10 Å². The van der Waals surface area contributed by atoms with E-state index in [0.29, 0.717) is 13.1 Å². The van der Waals surface area contributed by atoms with E-state index in [0.717, 1.165) is 6.42 Å². The van der Waals surface area contributed by atoms with Gasteiger partial charge >= 0.3 is 0 Å². The van der Waals surface area contributed by atoms with Crippen molar-refractivity contribution >= 4 is 5.91 Å². The van der Waals surface area contributed by atoms with Gasteiger partial charge in [0.2, 0.25) is 0 Å². The first-order chi connectivity index (χ1) is 5.65. The Morgan fingerprint density at radius 3 is 2.83 bits per heavy atom. The molecule has 0 aromatic carbocycles. The Kier molecular flexibility index (Phi) is 3.05. The third kappa shape index (κ3) is 1.95. The summed E-state index contributed by atoms with van der Waals surface area (Å²) in [6.07, 6.45) is 0.128. The van der Waals surface area contributed by atoms with Crippen LogP contribution in [-0.4, -0.2) is 48.3 Å². The Hall–Kier alpha value is -0.610. The highest BCUT2D eigenvalue weighted by atomic mass is 16.5. The van der Waals surface area contributed by atoms with Crippen molar-refractivity contribution in [2.24, 2.45) is 0 Å². The van der Waals surface area contributed by atoms with E-state index in [1.807, 2.05) is 0 Å². The first-order valence-corrected chi connectivity index (χ1v) is 4.14. The normalized spacial score (nSPS) is 25.9. The molecule has 0 aromatic rings. The topological polar surface area (TPSA) is 49.8 Å². The Morgan fingerprint density at radius 1 is 1.75 bits per heavy atom. The average Bonchev–Trinajstić information content (AvgIpc) is 2.50. The van der Waals surface area contributed by atoms with Gasteiger partial charge in [-0.05, 0) is 13.3 Å². The van der Waals surface area contributed by atoms with Gasteiger partial charge in [0.25, 0.3) is 5.91 Å². The number of aliphatic hydroxyl groups is 1. The maximum Gasteiger partial charge on any atom is 0.251 e. The maximum absolute atomic E-state index is 11.2. The number of hydrogen-bond donors (Lipinski definition) is 1. The Bertz CT molecular complexity index is 170. The molecule has 0 saturated carbocycles. The molecule has 1 N–H and O–H groups in total. The molecule has 2 atom stereocenters. The molecule has 0 radical (unpaired) electrons. The molecular formula is C8H15NO3. The van der Waals surface area contributed by atoms with Gasteiger partial charge in [-0.2, -0.15) is 0 Å². The second kappa shape index (κ2) is 3.87. The molecule has 4 nitrogen and oxygen atoms in total. The summed E-state index contributed by atoms with van der Waals surface area (Å²) in [5, 5.41) is 9.01. The fourth-order valence-electron chi connectivity index (χ4n) is 1.38. The maximum atomic E-state index is 11.2. The first kappa shape index (κ1) is 9.48. The van der Waals surface area contributed by atoms with Crippen LogP contribution in [0.15, 0.2) is 0 Å². The van der Waals surface area contributed by atoms with Crippen LogP contribution >= 0.6 is 0 Å². The summed E-state index contributed by atoms with van der Waals surface area (Å²) >= 11 is 0. The standard InChI is InChI=1S/C8H15NO3/c1-6(10)8(11)9-4-3-7(5-9)12-2/h6-7,10H,3-5H2,1-2H3/t6-,7?/m1/s1. The van der Waals surface area contributed by atoms with Crippen LogP contribution in [0, 0.1) is 0 Å². The van der Waals surface area contributed by atoms with E-state index in [9.17, 15) is 4.79 Å². The van der Waals surface area contributed by atoms with Gasteiger partial charge < -0.3 is 14.7 Å². The molecule has 1 heterocycles. The van der Waals surface area contributed by atoms with Crippen molar-refractivity contribution in [1.82, 2.24) is 4.90 Å². The highest BCUT2D eigenvalue weighted by molar-refractivity contribution is 5.80. The predicted molar refractivity (Wildman–Crippen MR) is 43.7 cm³/mol. The highest BCUT2D eigenvalue weighted by Crippen LogP contribution is 2.12. The van der Waals surface area contributed by atoms with E-state index in [4.69, 9.17) is 9.84 Å². The van der Waals surface area contributed by atoms with E-state index in [1.54, 1.807) is 12.0 Å². The van der Waals surface area contributed by atoms with Crippen LogP contribution < -0.4 is 0 Å². The van der Waals surface area contributed by atoms with Crippen molar-refractivity contribution in [3.05, 3.63) is 0 Å². The van der Waals surface area contributed by atoms with E-state index >= 15 is 0 Å². The third-order valence-corrected chi connectivity index (χ3v) is 2.15. The monoisotopic (exact) mass is 173 g/mol. The number of rotatable bonds is 2. The van der Waals surface area contributed by atoms with Crippen LogP contribution in [0.5, 0.6) is 0 Å².